The number of benzene rings is 2. The van der Waals surface area contributed by atoms with Crippen LogP contribution in [0.4, 0.5) is 11.4 Å². The van der Waals surface area contributed by atoms with Gasteiger partial charge in [0.15, 0.2) is 5.16 Å². The van der Waals surface area contributed by atoms with Gasteiger partial charge in [0.25, 0.3) is 11.6 Å². The van der Waals surface area contributed by atoms with E-state index in [2.05, 4.69) is 25.7 Å². The first kappa shape index (κ1) is 20.2. The minimum absolute atomic E-state index is 0.133. The summed E-state index contributed by atoms with van der Waals surface area (Å²) in [6.07, 6.45) is 1.50. The van der Waals surface area contributed by atoms with Gasteiger partial charge in [-0.3, -0.25) is 14.9 Å². The molecule has 4 rings (SSSR count). The largest absolute Gasteiger partial charge is 0.339 e. The van der Waals surface area contributed by atoms with Crippen LogP contribution in [-0.2, 0) is 7.05 Å². The summed E-state index contributed by atoms with van der Waals surface area (Å²) in [7, 11) is 1.73. The number of carbonyl (C=O) groups excluding carboxylic acids is 1. The van der Waals surface area contributed by atoms with Crippen molar-refractivity contribution in [3.8, 4) is 11.4 Å². The molecule has 4 aromatic rings. The van der Waals surface area contributed by atoms with Crippen LogP contribution in [0.1, 0.15) is 16.2 Å². The van der Waals surface area contributed by atoms with Crippen molar-refractivity contribution in [3.05, 3.63) is 70.4 Å². The molecule has 2 heterocycles. The molecule has 2 aromatic carbocycles. The second kappa shape index (κ2) is 8.36. The zero-order valence-corrected chi connectivity index (χ0v) is 17.2. The molecule has 2 aromatic heterocycles. The van der Waals surface area contributed by atoms with Crippen LogP contribution in [-0.4, -0.2) is 35.7 Å². The van der Waals surface area contributed by atoms with Crippen LogP contribution in [0.3, 0.4) is 0 Å². The summed E-state index contributed by atoms with van der Waals surface area (Å²) in [4.78, 5) is 28.4. The number of nitrogens with zero attached hydrogens (tertiary/aromatic N) is 6. The van der Waals surface area contributed by atoms with E-state index in [1.54, 1.807) is 42.8 Å². The highest BCUT2D eigenvalue weighted by atomic mass is 32.2. The summed E-state index contributed by atoms with van der Waals surface area (Å²) in [5.74, 6) is 0.212. The smallest absolute Gasteiger partial charge is 0.284 e. The fourth-order valence-corrected chi connectivity index (χ4v) is 3.59. The van der Waals surface area contributed by atoms with Crippen molar-refractivity contribution in [3.63, 3.8) is 0 Å². The quantitative estimate of drug-likeness (QED) is 0.354. The maximum Gasteiger partial charge on any atom is 0.284 e. The lowest BCUT2D eigenvalue weighted by Crippen LogP contribution is -2.13. The number of amides is 1. The molecule has 11 nitrogen and oxygen atoms in total. The molecule has 0 unspecified atom stereocenters. The van der Waals surface area contributed by atoms with Gasteiger partial charge in [0.1, 0.15) is 6.33 Å². The Hall–Kier alpha value is -4.06. The third-order valence-electron chi connectivity index (χ3n) is 4.23. The van der Waals surface area contributed by atoms with Crippen LogP contribution in [0, 0.1) is 17.0 Å². The van der Waals surface area contributed by atoms with Crippen LogP contribution in [0.2, 0.25) is 0 Å². The summed E-state index contributed by atoms with van der Waals surface area (Å²) in [6.45, 7) is 1.66. The first-order chi connectivity index (χ1) is 14.9. The van der Waals surface area contributed by atoms with Gasteiger partial charge in [-0.2, -0.15) is 4.98 Å². The number of nitro benzene ring substituents is 1. The van der Waals surface area contributed by atoms with E-state index in [-0.39, 0.29) is 11.3 Å². The average molecular weight is 437 g/mol. The number of aromatic nitrogens is 5. The zero-order chi connectivity index (χ0) is 22.0. The molecule has 156 valence electrons. The maximum atomic E-state index is 12.8. The van der Waals surface area contributed by atoms with E-state index in [4.69, 9.17) is 4.52 Å². The Kier molecular flexibility index (Phi) is 5.45. The molecule has 0 aliphatic rings. The first-order valence-electron chi connectivity index (χ1n) is 8.93. The van der Waals surface area contributed by atoms with Crippen molar-refractivity contribution in [2.24, 2.45) is 7.05 Å². The van der Waals surface area contributed by atoms with Crippen LogP contribution in [0.15, 0.2) is 63.4 Å². The van der Waals surface area contributed by atoms with Crippen LogP contribution < -0.4 is 5.32 Å². The Morgan fingerprint density at radius 3 is 2.74 bits per heavy atom. The van der Waals surface area contributed by atoms with Gasteiger partial charge in [-0.05, 0) is 36.0 Å². The van der Waals surface area contributed by atoms with E-state index in [1.807, 2.05) is 0 Å². The Morgan fingerprint density at radius 2 is 2.06 bits per heavy atom. The fraction of sp³-hybridized carbons (Fsp3) is 0.105. The van der Waals surface area contributed by atoms with E-state index in [0.717, 1.165) is 11.8 Å². The molecule has 0 aliphatic heterocycles. The van der Waals surface area contributed by atoms with Crippen molar-refractivity contribution in [2.75, 3.05) is 5.32 Å². The Balaban J connectivity index is 1.62. The number of aryl methyl sites for hydroxylation is 2. The molecule has 12 heteroatoms. The molecule has 0 fully saturated rings. The molecule has 0 atom stereocenters. The van der Waals surface area contributed by atoms with Crippen molar-refractivity contribution >= 4 is 29.0 Å². The standard InChI is InChI=1S/C19H15N7O4S/c1-11-21-17(24-30-11)13-5-3-4-6-14(13)22-18(27)12-7-8-16(15(9-12)26(28)29)31-19-23-20-10-25(19)2/h3-10H,1-2H3,(H,22,27). The van der Waals surface area contributed by atoms with Gasteiger partial charge in [-0.25, -0.2) is 0 Å². The number of rotatable bonds is 6. The van der Waals surface area contributed by atoms with Crippen molar-refractivity contribution < 1.29 is 14.2 Å². The minimum Gasteiger partial charge on any atom is -0.339 e. The predicted molar refractivity (Wildman–Crippen MR) is 111 cm³/mol. The molecule has 31 heavy (non-hydrogen) atoms. The summed E-state index contributed by atoms with van der Waals surface area (Å²) in [5.41, 5.74) is 0.945. The lowest BCUT2D eigenvalue weighted by molar-refractivity contribution is -0.387. The van der Waals surface area contributed by atoms with Crippen molar-refractivity contribution in [1.29, 1.82) is 0 Å². The van der Waals surface area contributed by atoms with E-state index >= 15 is 0 Å². The lowest BCUT2D eigenvalue weighted by atomic mass is 10.1. The molecule has 0 saturated carbocycles. The van der Waals surface area contributed by atoms with Gasteiger partial charge in [0.05, 0.1) is 15.5 Å². The number of nitrogens with one attached hydrogen (secondary N) is 1. The van der Waals surface area contributed by atoms with Crippen molar-refractivity contribution in [1.82, 2.24) is 24.9 Å². The number of anilines is 1. The molecule has 0 bridgehead atoms. The molecule has 0 aliphatic carbocycles. The highest BCUT2D eigenvalue weighted by Crippen LogP contribution is 2.34. The second-order valence-corrected chi connectivity index (χ2v) is 7.41. The van der Waals surface area contributed by atoms with E-state index in [0.29, 0.717) is 33.0 Å². The van der Waals surface area contributed by atoms with E-state index in [1.165, 1.54) is 24.5 Å². The third-order valence-corrected chi connectivity index (χ3v) is 5.35. The minimum atomic E-state index is -0.536. The molecule has 1 N–H and O–H groups in total. The number of hydrogen-bond acceptors (Lipinski definition) is 9. The number of para-hydroxylation sites is 1. The molecular weight excluding hydrogens is 422 g/mol. The maximum absolute atomic E-state index is 12.8. The molecule has 0 radical (unpaired) electrons. The van der Waals surface area contributed by atoms with E-state index in [9.17, 15) is 14.9 Å². The molecular formula is C19H15N7O4S. The normalized spacial score (nSPS) is 10.8. The van der Waals surface area contributed by atoms with Gasteiger partial charge < -0.3 is 14.4 Å². The number of nitro groups is 1. The third kappa shape index (κ3) is 4.28. The highest BCUT2D eigenvalue weighted by molar-refractivity contribution is 7.99. The monoisotopic (exact) mass is 437 g/mol. The van der Waals surface area contributed by atoms with Gasteiger partial charge in [-0.1, -0.05) is 17.3 Å². The molecule has 1 amide bonds. The van der Waals surface area contributed by atoms with Crippen LogP contribution >= 0.6 is 11.8 Å². The van der Waals surface area contributed by atoms with Gasteiger partial charge >= 0.3 is 0 Å². The lowest BCUT2D eigenvalue weighted by Gasteiger charge is -2.09. The topological polar surface area (TPSA) is 142 Å². The number of hydrogen-bond donors (Lipinski definition) is 1. The Morgan fingerprint density at radius 1 is 1.26 bits per heavy atom. The summed E-state index contributed by atoms with van der Waals surface area (Å²) >= 11 is 1.09. The van der Waals surface area contributed by atoms with E-state index < -0.39 is 10.8 Å². The fourth-order valence-electron chi connectivity index (χ4n) is 2.74. The summed E-state index contributed by atoms with van der Waals surface area (Å²) in [5, 5.41) is 26.4. The average Bonchev–Trinajstić information content (AvgIpc) is 3.36. The molecule has 0 spiro atoms. The molecule has 0 saturated heterocycles. The van der Waals surface area contributed by atoms with Gasteiger partial charge in [0, 0.05) is 31.2 Å². The summed E-state index contributed by atoms with van der Waals surface area (Å²) in [6, 6.07) is 11.2. The van der Waals surface area contributed by atoms with Gasteiger partial charge in [0.2, 0.25) is 11.7 Å². The predicted octanol–water partition coefficient (Wildman–Crippen LogP) is 3.49. The highest BCUT2D eigenvalue weighted by Gasteiger charge is 2.21. The Bertz CT molecular complexity index is 1280. The van der Waals surface area contributed by atoms with Gasteiger partial charge in [-0.15, -0.1) is 10.2 Å². The number of carbonyl (C=O) groups is 1. The van der Waals surface area contributed by atoms with Crippen molar-refractivity contribution in [2.45, 2.75) is 17.0 Å². The van der Waals surface area contributed by atoms with Crippen LogP contribution in [0.25, 0.3) is 11.4 Å². The zero-order valence-electron chi connectivity index (χ0n) is 16.3. The second-order valence-electron chi connectivity index (χ2n) is 6.40. The Labute approximate surface area is 179 Å². The summed E-state index contributed by atoms with van der Waals surface area (Å²) < 4.78 is 6.65. The SMILES string of the molecule is Cc1nc(-c2ccccc2NC(=O)c2ccc(Sc3nncn3C)c([N+](=O)[O-])c2)no1. The van der Waals surface area contributed by atoms with Crippen LogP contribution in [0.5, 0.6) is 0 Å². The first-order valence-corrected chi connectivity index (χ1v) is 9.75.